The summed E-state index contributed by atoms with van der Waals surface area (Å²) in [4.78, 5) is 0. The maximum Gasteiger partial charge on any atom is 0.105 e. The van der Waals surface area contributed by atoms with E-state index < -0.39 is 0 Å². The van der Waals surface area contributed by atoms with Crippen LogP contribution in [0.5, 0.6) is 0 Å². The second-order valence-electron chi connectivity index (χ2n) is 2.33. The van der Waals surface area contributed by atoms with Gasteiger partial charge in [0.2, 0.25) is 0 Å². The van der Waals surface area contributed by atoms with Crippen LogP contribution in [-0.4, -0.2) is 11.7 Å². The molecular weight excluding hydrogens is 172 g/mol. The first kappa shape index (κ1) is 9.94. The maximum atomic E-state index is 8.32. The van der Waals surface area contributed by atoms with Gasteiger partial charge in [0.15, 0.2) is 0 Å². The number of aliphatic hydroxyl groups excluding tert-OH is 1. The van der Waals surface area contributed by atoms with Crippen molar-refractivity contribution in [2.24, 2.45) is 0 Å². The fourth-order valence-electron chi connectivity index (χ4n) is 0.771. The van der Waals surface area contributed by atoms with Crippen LogP contribution in [0.3, 0.4) is 0 Å². The van der Waals surface area contributed by atoms with Gasteiger partial charge < -0.3 is 5.11 Å². The minimum absolute atomic E-state index is 0.166. The van der Waals surface area contributed by atoms with Crippen molar-refractivity contribution in [1.82, 2.24) is 0 Å². The fourth-order valence-corrected chi connectivity index (χ4v) is 0.771. The lowest BCUT2D eigenvalue weighted by molar-refractivity contribution is 0.350. The lowest BCUT2D eigenvalue weighted by Crippen LogP contribution is -1.69. The van der Waals surface area contributed by atoms with E-state index in [0.29, 0.717) is 0 Å². The fraction of sp³-hybridized carbons (Fsp3) is 0.0769. The molecule has 0 bridgehead atoms. The van der Waals surface area contributed by atoms with Gasteiger partial charge in [0.05, 0.1) is 0 Å². The molecule has 0 atom stereocenters. The molecule has 0 aliphatic rings. The Balaban J connectivity index is 2.60. The van der Waals surface area contributed by atoms with Crippen molar-refractivity contribution >= 4 is 0 Å². The third-order valence-corrected chi connectivity index (χ3v) is 1.34. The van der Waals surface area contributed by atoms with Gasteiger partial charge in [-0.3, -0.25) is 0 Å². The van der Waals surface area contributed by atoms with Gasteiger partial charge in [-0.25, -0.2) is 0 Å². The highest BCUT2D eigenvalue weighted by atomic mass is 16.2. The van der Waals surface area contributed by atoms with Crippen LogP contribution in [0.1, 0.15) is 5.56 Å². The third-order valence-electron chi connectivity index (χ3n) is 1.34. The maximum absolute atomic E-state index is 8.32. The van der Waals surface area contributed by atoms with Crippen LogP contribution < -0.4 is 0 Å². The van der Waals surface area contributed by atoms with E-state index in [0.717, 1.165) is 5.56 Å². The van der Waals surface area contributed by atoms with Gasteiger partial charge in [-0.1, -0.05) is 30.0 Å². The summed E-state index contributed by atoms with van der Waals surface area (Å²) in [6.07, 6.45) is 0. The van der Waals surface area contributed by atoms with Crippen LogP contribution in [0.2, 0.25) is 0 Å². The quantitative estimate of drug-likeness (QED) is 0.591. The van der Waals surface area contributed by atoms with E-state index in [1.165, 1.54) is 0 Å². The molecule has 0 aliphatic heterocycles. The molecule has 0 heterocycles. The van der Waals surface area contributed by atoms with Crippen molar-refractivity contribution in [1.29, 1.82) is 0 Å². The van der Waals surface area contributed by atoms with Gasteiger partial charge in [0.25, 0.3) is 0 Å². The SMILES string of the molecule is OCC#CC#CC#Cc1ccccc1. The average molecular weight is 180 g/mol. The Morgan fingerprint density at radius 3 is 2.36 bits per heavy atom. The molecule has 0 radical (unpaired) electrons. The largest absolute Gasteiger partial charge is 0.384 e. The molecule has 0 amide bonds. The standard InChI is InChI=1S/C13H8O/c14-12-8-3-1-2-5-9-13-10-6-4-7-11-13/h4,6-7,10-11,14H,12H2. The zero-order valence-corrected chi connectivity index (χ0v) is 7.54. The highest BCUT2D eigenvalue weighted by molar-refractivity contribution is 5.42. The molecule has 0 saturated heterocycles. The summed E-state index contributed by atoms with van der Waals surface area (Å²) in [7, 11) is 0. The number of hydrogen-bond donors (Lipinski definition) is 1. The summed E-state index contributed by atoms with van der Waals surface area (Å²) in [5.41, 5.74) is 0.928. The van der Waals surface area contributed by atoms with Crippen LogP contribution in [0, 0.1) is 35.5 Å². The summed E-state index contributed by atoms with van der Waals surface area (Å²) >= 11 is 0. The summed E-state index contributed by atoms with van der Waals surface area (Å²) in [6, 6.07) is 9.60. The molecular formula is C13H8O. The zero-order valence-electron chi connectivity index (χ0n) is 7.54. The van der Waals surface area contributed by atoms with Crippen molar-refractivity contribution in [3.8, 4) is 35.5 Å². The predicted molar refractivity (Wildman–Crippen MR) is 56.0 cm³/mol. The van der Waals surface area contributed by atoms with E-state index in [2.05, 4.69) is 35.5 Å². The molecule has 0 spiro atoms. The molecule has 1 aromatic carbocycles. The van der Waals surface area contributed by atoms with E-state index >= 15 is 0 Å². The van der Waals surface area contributed by atoms with E-state index in [4.69, 9.17) is 5.11 Å². The lowest BCUT2D eigenvalue weighted by atomic mass is 10.2. The van der Waals surface area contributed by atoms with Gasteiger partial charge >= 0.3 is 0 Å². The first-order valence-corrected chi connectivity index (χ1v) is 4.08. The van der Waals surface area contributed by atoms with Gasteiger partial charge in [-0.2, -0.15) is 0 Å². The summed E-state index contributed by atoms with van der Waals surface area (Å²) in [6.45, 7) is -0.166. The smallest absolute Gasteiger partial charge is 0.105 e. The van der Waals surface area contributed by atoms with Gasteiger partial charge in [0.1, 0.15) is 6.61 Å². The van der Waals surface area contributed by atoms with Crippen LogP contribution in [-0.2, 0) is 0 Å². The van der Waals surface area contributed by atoms with E-state index in [1.807, 2.05) is 30.3 Å². The summed E-state index contributed by atoms with van der Waals surface area (Å²) in [5, 5.41) is 8.32. The van der Waals surface area contributed by atoms with E-state index in [-0.39, 0.29) is 6.61 Å². The Labute approximate surface area is 83.8 Å². The van der Waals surface area contributed by atoms with Crippen molar-refractivity contribution in [2.45, 2.75) is 0 Å². The Kier molecular flexibility index (Phi) is 4.53. The van der Waals surface area contributed by atoms with E-state index in [1.54, 1.807) is 0 Å². The Morgan fingerprint density at radius 1 is 0.929 bits per heavy atom. The molecule has 1 aromatic rings. The molecule has 1 rings (SSSR count). The highest BCUT2D eigenvalue weighted by Gasteiger charge is 1.78. The normalized spacial score (nSPS) is 6.93. The monoisotopic (exact) mass is 180 g/mol. The number of aliphatic hydroxyl groups is 1. The Hall–Kier alpha value is -2.14. The molecule has 1 heteroatoms. The molecule has 1 N–H and O–H groups in total. The molecule has 0 aliphatic carbocycles. The average Bonchev–Trinajstić information content (AvgIpc) is 2.25. The topological polar surface area (TPSA) is 20.2 Å². The van der Waals surface area contributed by atoms with Gasteiger partial charge in [0, 0.05) is 5.56 Å². The Bertz CT molecular complexity index is 452. The summed E-state index contributed by atoms with van der Waals surface area (Å²) in [5.74, 6) is 15.5. The van der Waals surface area contributed by atoms with Crippen LogP contribution in [0.4, 0.5) is 0 Å². The molecule has 0 fully saturated rings. The van der Waals surface area contributed by atoms with Crippen LogP contribution in [0.25, 0.3) is 0 Å². The van der Waals surface area contributed by atoms with Gasteiger partial charge in [-0.15, -0.1) is 0 Å². The van der Waals surface area contributed by atoms with Crippen LogP contribution in [0.15, 0.2) is 30.3 Å². The number of hydrogen-bond acceptors (Lipinski definition) is 1. The van der Waals surface area contributed by atoms with E-state index in [9.17, 15) is 0 Å². The van der Waals surface area contributed by atoms with Crippen molar-refractivity contribution in [2.75, 3.05) is 6.61 Å². The third kappa shape index (κ3) is 4.03. The second kappa shape index (κ2) is 6.38. The second-order valence-corrected chi connectivity index (χ2v) is 2.33. The molecule has 0 aromatic heterocycles. The molecule has 14 heavy (non-hydrogen) atoms. The predicted octanol–water partition coefficient (Wildman–Crippen LogP) is 1.04. The lowest BCUT2D eigenvalue weighted by Gasteiger charge is -1.83. The van der Waals surface area contributed by atoms with Gasteiger partial charge in [-0.05, 0) is 35.8 Å². The van der Waals surface area contributed by atoms with Crippen LogP contribution >= 0.6 is 0 Å². The first-order valence-electron chi connectivity index (χ1n) is 4.08. The zero-order chi connectivity index (χ0) is 10.1. The summed E-state index contributed by atoms with van der Waals surface area (Å²) < 4.78 is 0. The molecule has 0 unspecified atom stereocenters. The molecule has 66 valence electrons. The number of rotatable bonds is 0. The number of benzene rings is 1. The Morgan fingerprint density at radius 2 is 1.64 bits per heavy atom. The van der Waals surface area contributed by atoms with Crippen molar-refractivity contribution < 1.29 is 5.11 Å². The molecule has 0 saturated carbocycles. The minimum Gasteiger partial charge on any atom is -0.384 e. The van der Waals surface area contributed by atoms with Crippen molar-refractivity contribution in [3.05, 3.63) is 35.9 Å². The highest BCUT2D eigenvalue weighted by Crippen LogP contribution is 1.93. The van der Waals surface area contributed by atoms with Crippen molar-refractivity contribution in [3.63, 3.8) is 0 Å². The first-order chi connectivity index (χ1) is 6.93. The minimum atomic E-state index is -0.166. The molecule has 1 nitrogen and oxygen atoms in total.